The molecule has 0 aliphatic carbocycles. The Hall–Kier alpha value is -3.00. The first kappa shape index (κ1) is 15.5. The Kier molecular flexibility index (Phi) is 3.81. The van der Waals surface area contributed by atoms with Gasteiger partial charge in [0.25, 0.3) is 5.91 Å². The van der Waals surface area contributed by atoms with Crippen molar-refractivity contribution in [2.75, 3.05) is 11.9 Å². The second-order valence-electron chi connectivity index (χ2n) is 5.79. The van der Waals surface area contributed by atoms with E-state index in [9.17, 15) is 9.59 Å². The Bertz CT molecular complexity index is 968. The molecule has 4 rings (SSSR count). The molecule has 2 amide bonds. The van der Waals surface area contributed by atoms with Gasteiger partial charge in [0.15, 0.2) is 6.61 Å². The lowest BCUT2D eigenvalue weighted by atomic mass is 9.84. The van der Waals surface area contributed by atoms with Gasteiger partial charge in [0.05, 0.1) is 11.7 Å². The monoisotopic (exact) mass is 354 g/mol. The topological polar surface area (TPSA) is 107 Å². The smallest absolute Gasteiger partial charge is 0.255 e. The van der Waals surface area contributed by atoms with Crippen LogP contribution in [0.2, 0.25) is 0 Å². The highest BCUT2D eigenvalue weighted by Crippen LogP contribution is 2.41. The molecule has 8 heteroatoms. The Morgan fingerprint density at radius 2 is 2.04 bits per heavy atom. The highest BCUT2D eigenvalue weighted by Gasteiger charge is 2.29. The molecule has 25 heavy (non-hydrogen) atoms. The molecule has 126 valence electrons. The number of carbonyl (C=O) groups is 2. The molecule has 3 aromatic rings. The molecule has 1 atom stereocenters. The van der Waals surface area contributed by atoms with Gasteiger partial charge in [-0.25, -0.2) is 0 Å². The molecule has 2 aromatic carbocycles. The van der Waals surface area contributed by atoms with Crippen molar-refractivity contribution in [2.45, 2.75) is 12.3 Å². The van der Waals surface area contributed by atoms with E-state index in [0.29, 0.717) is 12.2 Å². The average Bonchev–Trinajstić information content (AvgIpc) is 3.08. The second-order valence-corrected chi connectivity index (χ2v) is 6.32. The van der Waals surface area contributed by atoms with E-state index in [4.69, 9.17) is 10.5 Å². The fourth-order valence-electron chi connectivity index (χ4n) is 3.06. The molecule has 0 radical (unpaired) electrons. The van der Waals surface area contributed by atoms with Crippen LogP contribution in [0.15, 0.2) is 36.4 Å². The standard InChI is InChI=1S/C17H14N4O3S/c18-14(22)8-24-10-3-1-9(2-4-10)11-7-15(23)19-12-5-6-13-17(16(11)12)21-25-20-13/h1-6,11H,7-8H2,(H2,18,22)(H,19,23). The summed E-state index contributed by atoms with van der Waals surface area (Å²) in [5.41, 5.74) is 9.46. The SMILES string of the molecule is NC(=O)COc1ccc(C2CC(=O)Nc3ccc4nsnc4c32)cc1. The molecule has 0 bridgehead atoms. The Morgan fingerprint density at radius 3 is 2.80 bits per heavy atom. The van der Waals surface area contributed by atoms with Crippen molar-refractivity contribution >= 4 is 40.3 Å². The molecule has 2 heterocycles. The Balaban J connectivity index is 1.72. The molecule has 0 fully saturated rings. The van der Waals surface area contributed by atoms with Crippen LogP contribution in [-0.2, 0) is 9.59 Å². The van der Waals surface area contributed by atoms with Crippen LogP contribution in [0.1, 0.15) is 23.5 Å². The highest BCUT2D eigenvalue weighted by atomic mass is 32.1. The maximum atomic E-state index is 12.1. The van der Waals surface area contributed by atoms with E-state index in [-0.39, 0.29) is 18.4 Å². The summed E-state index contributed by atoms with van der Waals surface area (Å²) in [6, 6.07) is 11.0. The van der Waals surface area contributed by atoms with E-state index < -0.39 is 5.91 Å². The third kappa shape index (κ3) is 2.91. The molecular weight excluding hydrogens is 340 g/mol. The number of nitrogens with zero attached hydrogens (tertiary/aromatic N) is 2. The summed E-state index contributed by atoms with van der Waals surface area (Å²) < 4.78 is 14.0. The number of aromatic nitrogens is 2. The summed E-state index contributed by atoms with van der Waals surface area (Å²) in [6.07, 6.45) is 0.338. The molecule has 1 aliphatic heterocycles. The minimum Gasteiger partial charge on any atom is -0.484 e. The average molecular weight is 354 g/mol. The van der Waals surface area contributed by atoms with Crippen LogP contribution in [-0.4, -0.2) is 27.2 Å². The lowest BCUT2D eigenvalue weighted by Gasteiger charge is -2.26. The number of fused-ring (bicyclic) bond motifs is 3. The van der Waals surface area contributed by atoms with Gasteiger partial charge in [-0.15, -0.1) is 0 Å². The quantitative estimate of drug-likeness (QED) is 0.745. The molecule has 3 N–H and O–H groups in total. The summed E-state index contributed by atoms with van der Waals surface area (Å²) in [6.45, 7) is -0.168. The van der Waals surface area contributed by atoms with Gasteiger partial charge in [-0.05, 0) is 29.8 Å². The first-order valence-electron chi connectivity index (χ1n) is 7.68. The third-order valence-corrected chi connectivity index (χ3v) is 4.69. The molecule has 0 saturated heterocycles. The minimum absolute atomic E-state index is 0.0332. The maximum Gasteiger partial charge on any atom is 0.255 e. The lowest BCUT2D eigenvalue weighted by molar-refractivity contribution is -0.120. The van der Waals surface area contributed by atoms with Crippen molar-refractivity contribution in [3.05, 3.63) is 47.5 Å². The Morgan fingerprint density at radius 1 is 1.24 bits per heavy atom. The fourth-order valence-corrected chi connectivity index (χ4v) is 3.61. The molecular formula is C17H14N4O3S. The van der Waals surface area contributed by atoms with Crippen molar-refractivity contribution in [3.63, 3.8) is 0 Å². The number of hydrogen-bond acceptors (Lipinski definition) is 6. The van der Waals surface area contributed by atoms with Crippen molar-refractivity contribution in [1.29, 1.82) is 0 Å². The molecule has 1 unspecified atom stereocenters. The van der Waals surface area contributed by atoms with Crippen molar-refractivity contribution in [1.82, 2.24) is 8.75 Å². The summed E-state index contributed by atoms with van der Waals surface area (Å²) >= 11 is 1.16. The van der Waals surface area contributed by atoms with Gasteiger partial charge < -0.3 is 15.8 Å². The zero-order chi connectivity index (χ0) is 17.4. The normalized spacial score (nSPS) is 16.3. The van der Waals surface area contributed by atoms with Crippen LogP contribution in [0.3, 0.4) is 0 Å². The number of benzene rings is 2. The first-order valence-corrected chi connectivity index (χ1v) is 8.41. The van der Waals surface area contributed by atoms with Crippen LogP contribution in [0.5, 0.6) is 5.75 Å². The molecule has 0 saturated carbocycles. The van der Waals surface area contributed by atoms with Gasteiger partial charge in [0.2, 0.25) is 5.91 Å². The van der Waals surface area contributed by atoms with Gasteiger partial charge in [-0.2, -0.15) is 8.75 Å². The lowest BCUT2D eigenvalue weighted by Crippen LogP contribution is -2.23. The summed E-state index contributed by atoms with van der Waals surface area (Å²) in [7, 11) is 0. The van der Waals surface area contributed by atoms with E-state index in [1.165, 1.54) is 0 Å². The predicted molar refractivity (Wildman–Crippen MR) is 93.6 cm³/mol. The minimum atomic E-state index is -0.527. The van der Waals surface area contributed by atoms with Gasteiger partial charge in [-0.1, -0.05) is 12.1 Å². The van der Waals surface area contributed by atoms with Crippen molar-refractivity contribution in [3.8, 4) is 5.75 Å². The second kappa shape index (κ2) is 6.14. The van der Waals surface area contributed by atoms with Gasteiger partial charge in [-0.3, -0.25) is 9.59 Å². The van der Waals surface area contributed by atoms with Crippen LogP contribution in [0, 0.1) is 0 Å². The van der Waals surface area contributed by atoms with Crippen LogP contribution in [0.4, 0.5) is 5.69 Å². The fraction of sp³-hybridized carbons (Fsp3) is 0.176. The van der Waals surface area contributed by atoms with Crippen molar-refractivity contribution < 1.29 is 14.3 Å². The van der Waals surface area contributed by atoms with Crippen LogP contribution in [0.25, 0.3) is 11.0 Å². The number of carbonyl (C=O) groups excluding carboxylic acids is 2. The van der Waals surface area contributed by atoms with E-state index in [0.717, 1.165) is 39.6 Å². The largest absolute Gasteiger partial charge is 0.484 e. The van der Waals surface area contributed by atoms with E-state index in [1.807, 2.05) is 24.3 Å². The number of amides is 2. The Labute approximate surface area is 147 Å². The number of anilines is 1. The van der Waals surface area contributed by atoms with E-state index in [2.05, 4.69) is 14.1 Å². The highest BCUT2D eigenvalue weighted by molar-refractivity contribution is 7.00. The van der Waals surface area contributed by atoms with Crippen LogP contribution < -0.4 is 15.8 Å². The first-order chi connectivity index (χ1) is 12.1. The molecule has 1 aromatic heterocycles. The van der Waals surface area contributed by atoms with Gasteiger partial charge in [0.1, 0.15) is 16.8 Å². The van der Waals surface area contributed by atoms with Gasteiger partial charge in [0, 0.05) is 23.6 Å². The zero-order valence-corrected chi connectivity index (χ0v) is 13.9. The molecule has 7 nitrogen and oxygen atoms in total. The van der Waals surface area contributed by atoms with Crippen LogP contribution >= 0.6 is 11.7 Å². The predicted octanol–water partition coefficient (Wildman–Crippen LogP) is 2.03. The molecule has 1 aliphatic rings. The zero-order valence-electron chi connectivity index (χ0n) is 13.1. The summed E-state index contributed by atoms with van der Waals surface area (Å²) in [4.78, 5) is 22.9. The van der Waals surface area contributed by atoms with Crippen molar-refractivity contribution in [2.24, 2.45) is 5.73 Å². The summed E-state index contributed by atoms with van der Waals surface area (Å²) in [5, 5.41) is 2.91. The van der Waals surface area contributed by atoms with E-state index >= 15 is 0 Å². The number of nitrogens with one attached hydrogen (secondary N) is 1. The number of nitrogens with two attached hydrogens (primary N) is 1. The third-order valence-electron chi connectivity index (χ3n) is 4.14. The number of hydrogen-bond donors (Lipinski definition) is 2. The van der Waals surface area contributed by atoms with Gasteiger partial charge >= 0.3 is 0 Å². The molecule has 0 spiro atoms. The summed E-state index contributed by atoms with van der Waals surface area (Å²) in [5.74, 6) is -0.118. The number of primary amides is 1. The van der Waals surface area contributed by atoms with E-state index in [1.54, 1.807) is 12.1 Å². The number of ether oxygens (including phenoxy) is 1. The maximum absolute atomic E-state index is 12.1. The number of rotatable bonds is 4.